The number of rotatable bonds is 6. The first-order chi connectivity index (χ1) is 15.6. The van der Waals surface area contributed by atoms with Gasteiger partial charge < -0.3 is 14.5 Å². The van der Waals surface area contributed by atoms with E-state index in [2.05, 4.69) is 5.32 Å². The van der Waals surface area contributed by atoms with Gasteiger partial charge in [0.1, 0.15) is 11.5 Å². The van der Waals surface area contributed by atoms with E-state index in [1.54, 1.807) is 12.1 Å². The zero-order chi connectivity index (χ0) is 23.8. The van der Waals surface area contributed by atoms with Gasteiger partial charge in [0.05, 0.1) is 29.6 Å². The van der Waals surface area contributed by atoms with Crippen molar-refractivity contribution >= 4 is 35.0 Å². The summed E-state index contributed by atoms with van der Waals surface area (Å²) in [6, 6.07) is 10.9. The van der Waals surface area contributed by atoms with Crippen LogP contribution in [-0.4, -0.2) is 35.4 Å². The highest BCUT2D eigenvalue weighted by atomic mass is 35.5. The predicted molar refractivity (Wildman–Crippen MR) is 110 cm³/mol. The molecule has 0 unspecified atom stereocenters. The molecule has 1 N–H and O–H groups in total. The quantitative estimate of drug-likeness (QED) is 0.508. The third-order valence-electron chi connectivity index (χ3n) is 4.71. The second kappa shape index (κ2) is 8.62. The molecule has 11 heteroatoms. The Morgan fingerprint density at radius 2 is 1.82 bits per heavy atom. The number of nitrogens with one attached hydrogen (secondary N) is 1. The Balaban J connectivity index is 1.55. The summed E-state index contributed by atoms with van der Waals surface area (Å²) in [7, 11) is 0. The van der Waals surface area contributed by atoms with Crippen molar-refractivity contribution in [2.45, 2.75) is 12.7 Å². The Labute approximate surface area is 189 Å². The van der Waals surface area contributed by atoms with Crippen LogP contribution in [0, 0.1) is 0 Å². The van der Waals surface area contributed by atoms with Gasteiger partial charge in [-0.1, -0.05) is 11.6 Å². The van der Waals surface area contributed by atoms with Crippen LogP contribution in [0.15, 0.2) is 59.2 Å². The first-order valence-corrected chi connectivity index (χ1v) is 9.83. The molecule has 2 heterocycles. The predicted octanol–water partition coefficient (Wildman–Crippen LogP) is 4.92. The van der Waals surface area contributed by atoms with Crippen molar-refractivity contribution in [1.82, 2.24) is 4.90 Å². The van der Waals surface area contributed by atoms with Crippen LogP contribution in [0.1, 0.15) is 36.8 Å². The molecule has 1 aromatic heterocycles. The highest BCUT2D eigenvalue weighted by Gasteiger charge is 2.36. The SMILES string of the molecule is O=C(Nc1cc(Cl)ccc1OCC(F)(F)F)c1ccc2c(c1)C(=O)N(Cc1ccco1)C2=O. The van der Waals surface area contributed by atoms with Gasteiger partial charge in [-0.15, -0.1) is 0 Å². The maximum absolute atomic E-state index is 12.7. The molecule has 1 aliphatic rings. The van der Waals surface area contributed by atoms with Crippen LogP contribution in [0.25, 0.3) is 0 Å². The molecule has 0 saturated heterocycles. The zero-order valence-corrected chi connectivity index (χ0v) is 17.4. The van der Waals surface area contributed by atoms with Gasteiger partial charge in [-0.3, -0.25) is 19.3 Å². The molecule has 0 spiro atoms. The second-order valence-corrected chi connectivity index (χ2v) is 7.47. The van der Waals surface area contributed by atoms with Crippen molar-refractivity contribution in [3.8, 4) is 5.75 Å². The van der Waals surface area contributed by atoms with E-state index in [1.165, 1.54) is 42.7 Å². The third kappa shape index (κ3) is 4.85. The van der Waals surface area contributed by atoms with Gasteiger partial charge in [-0.25, -0.2) is 0 Å². The number of anilines is 1. The summed E-state index contributed by atoms with van der Waals surface area (Å²) in [5.74, 6) is -1.69. The van der Waals surface area contributed by atoms with Gasteiger partial charge in [-0.2, -0.15) is 13.2 Å². The standard InChI is InChI=1S/C22H14ClF3N2O5/c23-13-4-6-18(33-11-22(24,25)26)17(9-13)27-19(29)12-3-5-15-16(8-12)21(31)28(20(15)30)10-14-2-1-7-32-14/h1-9H,10-11H2,(H,27,29). The first kappa shape index (κ1) is 22.4. The maximum atomic E-state index is 12.7. The Hall–Kier alpha value is -3.79. The lowest BCUT2D eigenvalue weighted by atomic mass is 10.1. The van der Waals surface area contributed by atoms with Crippen LogP contribution in [0.5, 0.6) is 5.75 Å². The summed E-state index contributed by atoms with van der Waals surface area (Å²) in [6.45, 7) is -1.62. The smallest absolute Gasteiger partial charge is 0.422 e. The molecule has 4 rings (SSSR count). The molecule has 170 valence electrons. The summed E-state index contributed by atoms with van der Waals surface area (Å²) >= 11 is 5.90. The molecule has 7 nitrogen and oxygen atoms in total. The molecule has 0 atom stereocenters. The van der Waals surface area contributed by atoms with Gasteiger partial charge in [0.15, 0.2) is 6.61 Å². The summed E-state index contributed by atoms with van der Waals surface area (Å²) < 4.78 is 47.5. The lowest BCUT2D eigenvalue weighted by molar-refractivity contribution is -0.153. The largest absolute Gasteiger partial charge is 0.482 e. The minimum atomic E-state index is -4.57. The van der Waals surface area contributed by atoms with E-state index >= 15 is 0 Å². The monoisotopic (exact) mass is 478 g/mol. The molecule has 2 aromatic carbocycles. The number of hydrogen-bond acceptors (Lipinski definition) is 5. The number of amides is 3. The molecule has 3 aromatic rings. The minimum Gasteiger partial charge on any atom is -0.482 e. The highest BCUT2D eigenvalue weighted by molar-refractivity contribution is 6.31. The summed E-state index contributed by atoms with van der Waals surface area (Å²) in [4.78, 5) is 39.1. The Kier molecular flexibility index (Phi) is 5.86. The molecule has 0 saturated carbocycles. The van der Waals surface area contributed by atoms with Crippen LogP contribution in [0.2, 0.25) is 5.02 Å². The van der Waals surface area contributed by atoms with E-state index in [-0.39, 0.29) is 39.7 Å². The van der Waals surface area contributed by atoms with Crippen LogP contribution in [0.4, 0.5) is 18.9 Å². The lowest BCUT2D eigenvalue weighted by Gasteiger charge is -2.14. The summed E-state index contributed by atoms with van der Waals surface area (Å²) in [5, 5.41) is 2.59. The van der Waals surface area contributed by atoms with Crippen LogP contribution >= 0.6 is 11.6 Å². The van der Waals surface area contributed by atoms with E-state index in [1.807, 2.05) is 0 Å². The number of carbonyl (C=O) groups excluding carboxylic acids is 3. The van der Waals surface area contributed by atoms with Crippen LogP contribution < -0.4 is 10.1 Å². The lowest BCUT2D eigenvalue weighted by Crippen LogP contribution is -2.28. The van der Waals surface area contributed by atoms with Crippen molar-refractivity contribution in [3.63, 3.8) is 0 Å². The fourth-order valence-corrected chi connectivity index (χ4v) is 3.39. The minimum absolute atomic E-state index is 0.0106. The molecular formula is C22H14ClF3N2O5. The van der Waals surface area contributed by atoms with E-state index in [0.717, 1.165) is 4.90 Å². The fraction of sp³-hybridized carbons (Fsp3) is 0.136. The molecule has 0 fully saturated rings. The van der Waals surface area contributed by atoms with E-state index in [0.29, 0.717) is 5.76 Å². The summed E-state index contributed by atoms with van der Waals surface area (Å²) in [5.41, 5.74) is 0.0782. The highest BCUT2D eigenvalue weighted by Crippen LogP contribution is 2.31. The second-order valence-electron chi connectivity index (χ2n) is 7.03. The number of alkyl halides is 3. The number of halogens is 4. The average molecular weight is 479 g/mol. The topological polar surface area (TPSA) is 88.8 Å². The van der Waals surface area contributed by atoms with E-state index in [4.69, 9.17) is 20.8 Å². The number of hydrogen-bond donors (Lipinski definition) is 1. The number of furan rings is 1. The third-order valence-corrected chi connectivity index (χ3v) is 4.94. The average Bonchev–Trinajstić information content (AvgIpc) is 3.35. The molecule has 0 radical (unpaired) electrons. The van der Waals surface area contributed by atoms with E-state index < -0.39 is 30.5 Å². The number of ether oxygens (including phenoxy) is 1. The van der Waals surface area contributed by atoms with Crippen molar-refractivity contribution in [2.24, 2.45) is 0 Å². The molecule has 1 aliphatic heterocycles. The molecule has 0 aliphatic carbocycles. The van der Waals surface area contributed by atoms with Gasteiger partial charge >= 0.3 is 6.18 Å². The fourth-order valence-electron chi connectivity index (χ4n) is 3.21. The summed E-state index contributed by atoms with van der Waals surface area (Å²) in [6.07, 6.45) is -3.16. The molecular weight excluding hydrogens is 465 g/mol. The van der Waals surface area contributed by atoms with Gasteiger partial charge in [0.2, 0.25) is 0 Å². The number of nitrogens with zero attached hydrogens (tertiary/aromatic N) is 1. The van der Waals surface area contributed by atoms with Crippen molar-refractivity contribution < 1.29 is 36.7 Å². The number of imide groups is 1. The molecule has 0 bridgehead atoms. The number of fused-ring (bicyclic) bond motifs is 1. The number of benzene rings is 2. The van der Waals surface area contributed by atoms with Gasteiger partial charge in [-0.05, 0) is 48.5 Å². The van der Waals surface area contributed by atoms with Crippen LogP contribution in [-0.2, 0) is 6.54 Å². The molecule has 33 heavy (non-hydrogen) atoms. The normalized spacial score (nSPS) is 13.3. The first-order valence-electron chi connectivity index (χ1n) is 9.45. The Morgan fingerprint density at radius 3 is 2.52 bits per heavy atom. The van der Waals surface area contributed by atoms with Crippen molar-refractivity contribution in [3.05, 3.63) is 82.3 Å². The van der Waals surface area contributed by atoms with Crippen LogP contribution in [0.3, 0.4) is 0 Å². The van der Waals surface area contributed by atoms with Crippen molar-refractivity contribution in [1.29, 1.82) is 0 Å². The number of carbonyl (C=O) groups is 3. The van der Waals surface area contributed by atoms with Crippen molar-refractivity contribution in [2.75, 3.05) is 11.9 Å². The van der Waals surface area contributed by atoms with Gasteiger partial charge in [0, 0.05) is 10.6 Å². The maximum Gasteiger partial charge on any atom is 0.422 e. The molecule has 3 amide bonds. The Morgan fingerprint density at radius 1 is 1.06 bits per heavy atom. The Bertz CT molecular complexity index is 1240. The van der Waals surface area contributed by atoms with E-state index in [9.17, 15) is 27.6 Å². The van der Waals surface area contributed by atoms with Gasteiger partial charge in [0.25, 0.3) is 17.7 Å². The zero-order valence-electron chi connectivity index (χ0n) is 16.6.